The minimum absolute atomic E-state index is 0.0139. The van der Waals surface area contributed by atoms with Crippen molar-refractivity contribution in [1.29, 1.82) is 0 Å². The highest BCUT2D eigenvalue weighted by molar-refractivity contribution is 6.37. The molecule has 0 spiro atoms. The highest BCUT2D eigenvalue weighted by atomic mass is 35.5. The fourth-order valence-electron chi connectivity index (χ4n) is 3.40. The molecule has 0 fully saturated rings. The number of hydrogen-bond acceptors (Lipinski definition) is 9. The Kier molecular flexibility index (Phi) is 9.75. The molecule has 2 aromatic heterocycles. The van der Waals surface area contributed by atoms with E-state index in [-0.39, 0.29) is 17.5 Å². The SMILES string of the molecule is C=C(/C=C(\N=C(/N)OC)Nc1nccc2nn(-c3c(Cl)cccc3Cl)cc12)N(C(=O)OC(C)(C)C)C(=O)OC(C)(C)C. The van der Waals surface area contributed by atoms with Crippen LogP contribution in [0.25, 0.3) is 16.6 Å². The lowest BCUT2D eigenvalue weighted by Crippen LogP contribution is -2.42. The Labute approximate surface area is 253 Å². The minimum atomic E-state index is -1.00. The van der Waals surface area contributed by atoms with Crippen LogP contribution in [0.2, 0.25) is 10.0 Å². The summed E-state index contributed by atoms with van der Waals surface area (Å²) >= 11 is 12.8. The van der Waals surface area contributed by atoms with Gasteiger partial charge < -0.3 is 25.3 Å². The summed E-state index contributed by atoms with van der Waals surface area (Å²) in [6, 6.07) is 6.59. The Bertz CT molecular complexity index is 1520. The number of nitrogens with zero attached hydrogens (tertiary/aromatic N) is 5. The first-order chi connectivity index (χ1) is 19.5. The van der Waals surface area contributed by atoms with Crippen LogP contribution in [-0.4, -0.2) is 56.2 Å². The molecule has 3 rings (SSSR count). The fourth-order valence-corrected chi connectivity index (χ4v) is 3.97. The van der Waals surface area contributed by atoms with E-state index in [0.717, 1.165) is 0 Å². The van der Waals surface area contributed by atoms with Crippen LogP contribution in [-0.2, 0) is 14.2 Å². The number of anilines is 1. The number of ether oxygens (including phenoxy) is 3. The van der Waals surface area contributed by atoms with Crippen molar-refractivity contribution >= 4 is 58.1 Å². The number of hydrogen-bond donors (Lipinski definition) is 2. The molecule has 1 aromatic carbocycles. The van der Waals surface area contributed by atoms with E-state index < -0.39 is 23.4 Å². The van der Waals surface area contributed by atoms with Crippen LogP contribution in [0, 0.1) is 0 Å². The van der Waals surface area contributed by atoms with Gasteiger partial charge in [-0.2, -0.15) is 15.0 Å². The second-order valence-corrected chi connectivity index (χ2v) is 11.6. The number of carbonyl (C=O) groups is 2. The van der Waals surface area contributed by atoms with Gasteiger partial charge in [0.15, 0.2) is 0 Å². The van der Waals surface area contributed by atoms with Crippen molar-refractivity contribution in [2.45, 2.75) is 52.7 Å². The Morgan fingerprint density at radius 3 is 2.17 bits per heavy atom. The number of rotatable bonds is 6. The standard InChI is InChI=1S/C28H33Cl2N7O5/c1-16(37(25(38)41-27(2,3)4)26(39)42-28(5,6)7)14-21(34-24(31)40-8)33-23-17-15-36(35-20(17)12-13-32-23)22-18(29)10-9-11-19(22)30/h9-15H,1H2,2-8H3,(H2,31,34)(H,32,33)/b21-14-. The van der Waals surface area contributed by atoms with Crippen LogP contribution in [0.4, 0.5) is 15.4 Å². The van der Waals surface area contributed by atoms with Crippen molar-refractivity contribution in [1.82, 2.24) is 19.7 Å². The molecule has 0 aliphatic carbocycles. The quantitative estimate of drug-likeness (QED) is 0.177. The van der Waals surface area contributed by atoms with Crippen LogP contribution in [0.3, 0.4) is 0 Å². The molecular formula is C28H33Cl2N7O5. The van der Waals surface area contributed by atoms with Crippen LogP contribution in [0.5, 0.6) is 0 Å². The highest BCUT2D eigenvalue weighted by Gasteiger charge is 2.33. The molecule has 0 aliphatic rings. The second-order valence-electron chi connectivity index (χ2n) is 10.8. The van der Waals surface area contributed by atoms with Gasteiger partial charge in [0.1, 0.15) is 28.5 Å². The van der Waals surface area contributed by atoms with Gasteiger partial charge in [0.2, 0.25) is 0 Å². The van der Waals surface area contributed by atoms with E-state index >= 15 is 0 Å². The summed E-state index contributed by atoms with van der Waals surface area (Å²) in [6.07, 6.45) is 2.50. The zero-order valence-corrected chi connectivity index (χ0v) is 25.9. The summed E-state index contributed by atoms with van der Waals surface area (Å²) in [7, 11) is 1.33. The van der Waals surface area contributed by atoms with Gasteiger partial charge in [0.05, 0.1) is 33.8 Å². The lowest BCUT2D eigenvalue weighted by molar-refractivity contribution is 0.00910. The Morgan fingerprint density at radius 1 is 1.07 bits per heavy atom. The number of carbonyl (C=O) groups excluding carboxylic acids is 2. The van der Waals surface area contributed by atoms with Crippen LogP contribution >= 0.6 is 23.2 Å². The van der Waals surface area contributed by atoms with Crippen molar-refractivity contribution in [3.63, 3.8) is 0 Å². The number of pyridine rings is 1. The first-order valence-corrected chi connectivity index (χ1v) is 13.4. The number of benzene rings is 1. The van der Waals surface area contributed by atoms with Gasteiger partial charge in [-0.25, -0.2) is 19.3 Å². The number of fused-ring (bicyclic) bond motifs is 1. The first kappa shape index (κ1) is 32.2. The topological polar surface area (TPSA) is 146 Å². The molecule has 3 aromatic rings. The predicted octanol–water partition coefficient (Wildman–Crippen LogP) is 6.63. The van der Waals surface area contributed by atoms with Gasteiger partial charge in [0, 0.05) is 18.5 Å². The Morgan fingerprint density at radius 2 is 1.64 bits per heavy atom. The molecule has 0 saturated carbocycles. The van der Waals surface area contributed by atoms with E-state index in [0.29, 0.717) is 37.4 Å². The summed E-state index contributed by atoms with van der Waals surface area (Å²) in [5.41, 5.74) is 4.92. The van der Waals surface area contributed by atoms with E-state index in [4.69, 9.17) is 43.1 Å². The summed E-state index contributed by atoms with van der Waals surface area (Å²) in [5.74, 6) is 0.315. The maximum absolute atomic E-state index is 13.1. The second kappa shape index (κ2) is 12.7. The molecule has 0 unspecified atom stereocenters. The largest absolute Gasteiger partial charge is 0.468 e. The zero-order valence-electron chi connectivity index (χ0n) is 24.4. The summed E-state index contributed by atoms with van der Waals surface area (Å²) in [5, 5.41) is 8.96. The average Bonchev–Trinajstić information content (AvgIpc) is 3.26. The van der Waals surface area contributed by atoms with Gasteiger partial charge in [-0.1, -0.05) is 35.8 Å². The molecule has 42 heavy (non-hydrogen) atoms. The number of imide groups is 1. The summed E-state index contributed by atoms with van der Waals surface area (Å²) in [4.78, 5) is 35.4. The molecule has 0 atom stereocenters. The van der Waals surface area contributed by atoms with Crippen molar-refractivity contribution in [2.75, 3.05) is 12.4 Å². The lowest BCUT2D eigenvalue weighted by atomic mass is 10.2. The van der Waals surface area contributed by atoms with Crippen LogP contribution < -0.4 is 11.1 Å². The fraction of sp³-hybridized carbons (Fsp3) is 0.321. The number of amidine groups is 1. The van der Waals surface area contributed by atoms with E-state index in [1.54, 1.807) is 72.0 Å². The van der Waals surface area contributed by atoms with Crippen molar-refractivity contribution < 1.29 is 23.8 Å². The molecule has 3 N–H and O–H groups in total. The lowest BCUT2D eigenvalue weighted by Gasteiger charge is -2.28. The van der Waals surface area contributed by atoms with Gasteiger partial charge >= 0.3 is 12.2 Å². The summed E-state index contributed by atoms with van der Waals surface area (Å²) < 4.78 is 17.4. The van der Waals surface area contributed by atoms with Crippen molar-refractivity contribution in [2.24, 2.45) is 10.7 Å². The number of aromatic nitrogens is 3. The first-order valence-electron chi connectivity index (χ1n) is 12.6. The third-order valence-corrected chi connectivity index (χ3v) is 5.64. The number of aliphatic imine (C=N–C) groups is 1. The molecule has 224 valence electrons. The number of allylic oxidation sites excluding steroid dienone is 1. The molecule has 0 saturated heterocycles. The van der Waals surface area contributed by atoms with Gasteiger partial charge in [-0.05, 0) is 59.7 Å². The van der Waals surface area contributed by atoms with E-state index in [2.05, 4.69) is 27.0 Å². The highest BCUT2D eigenvalue weighted by Crippen LogP contribution is 2.31. The number of para-hydroxylation sites is 1. The minimum Gasteiger partial charge on any atom is -0.468 e. The average molecular weight is 619 g/mol. The molecule has 0 bridgehead atoms. The van der Waals surface area contributed by atoms with E-state index in [1.165, 1.54) is 24.1 Å². The zero-order chi connectivity index (χ0) is 31.4. The number of nitrogens with two attached hydrogens (primary N) is 1. The molecule has 12 nitrogen and oxygen atoms in total. The predicted molar refractivity (Wildman–Crippen MR) is 163 cm³/mol. The summed E-state index contributed by atoms with van der Waals surface area (Å²) in [6.45, 7) is 13.9. The van der Waals surface area contributed by atoms with Crippen LogP contribution in [0.15, 0.2) is 65.8 Å². The molecule has 0 aliphatic heterocycles. The Balaban J connectivity index is 2.08. The number of methoxy groups -OCH3 is 1. The van der Waals surface area contributed by atoms with Crippen molar-refractivity contribution in [3.8, 4) is 5.69 Å². The van der Waals surface area contributed by atoms with E-state index in [1.807, 2.05) is 0 Å². The molecule has 2 heterocycles. The Hall–Kier alpha value is -4.29. The third-order valence-electron chi connectivity index (χ3n) is 5.03. The van der Waals surface area contributed by atoms with Gasteiger partial charge in [-0.15, -0.1) is 0 Å². The number of halogens is 2. The third kappa shape index (κ3) is 8.37. The molecular weight excluding hydrogens is 585 g/mol. The van der Waals surface area contributed by atoms with Crippen molar-refractivity contribution in [3.05, 3.63) is 70.9 Å². The monoisotopic (exact) mass is 617 g/mol. The number of amides is 2. The normalized spacial score (nSPS) is 12.6. The smallest absolute Gasteiger partial charge is 0.424 e. The van der Waals surface area contributed by atoms with Gasteiger partial charge in [0.25, 0.3) is 6.02 Å². The van der Waals surface area contributed by atoms with E-state index in [9.17, 15) is 9.59 Å². The molecule has 2 amide bonds. The number of nitrogens with one attached hydrogen (secondary N) is 1. The van der Waals surface area contributed by atoms with Gasteiger partial charge in [-0.3, -0.25) is 0 Å². The molecule has 0 radical (unpaired) electrons. The maximum atomic E-state index is 13.1. The maximum Gasteiger partial charge on any atom is 0.424 e. The molecule has 14 heteroatoms. The van der Waals surface area contributed by atoms with Crippen LogP contribution in [0.1, 0.15) is 41.5 Å².